The van der Waals surface area contributed by atoms with E-state index in [-0.39, 0.29) is 42.3 Å². The number of carbonyl (C=O) groups excluding carboxylic acids is 3. The van der Waals surface area contributed by atoms with Crippen molar-refractivity contribution in [3.8, 4) is 0 Å². The van der Waals surface area contributed by atoms with Crippen molar-refractivity contribution in [3.63, 3.8) is 0 Å². The topological polar surface area (TPSA) is 95.9 Å². The number of anilines is 1. The Labute approximate surface area is 172 Å². The van der Waals surface area contributed by atoms with E-state index in [1.54, 1.807) is 42.5 Å². The first kappa shape index (κ1) is 20.6. The second-order valence-electron chi connectivity index (χ2n) is 6.31. The van der Waals surface area contributed by atoms with Crippen LogP contribution in [0.3, 0.4) is 0 Å². The number of halogens is 1. The van der Waals surface area contributed by atoms with Crippen LogP contribution >= 0.6 is 11.6 Å². The third-order valence-corrected chi connectivity index (χ3v) is 4.71. The lowest BCUT2D eigenvalue weighted by molar-refractivity contribution is -0.136. The Morgan fingerprint density at radius 3 is 2.59 bits per heavy atom. The molecule has 7 nitrogen and oxygen atoms in total. The quantitative estimate of drug-likeness (QED) is 0.533. The minimum absolute atomic E-state index is 0.00392. The summed E-state index contributed by atoms with van der Waals surface area (Å²) in [4.78, 5) is 39.2. The van der Waals surface area contributed by atoms with E-state index in [0.29, 0.717) is 16.3 Å². The molecule has 0 aliphatic carbocycles. The van der Waals surface area contributed by atoms with Crippen molar-refractivity contribution < 1.29 is 24.2 Å². The maximum Gasteiger partial charge on any atom is 0.337 e. The Hall–Kier alpha value is -3.16. The fourth-order valence-corrected chi connectivity index (χ4v) is 3.21. The molecule has 1 amide bonds. The van der Waals surface area contributed by atoms with Crippen LogP contribution in [0.4, 0.5) is 5.69 Å². The number of rotatable bonds is 7. The number of hydrogen-bond acceptors (Lipinski definition) is 6. The summed E-state index contributed by atoms with van der Waals surface area (Å²) < 4.78 is 4.78. The SMILES string of the molecule is COC(=O)C1=C(Nc2ccc(Cl)cc2C(=O)c2ccccc2)C(=O)N(CCO)C1. The van der Waals surface area contributed by atoms with Crippen molar-refractivity contribution in [3.05, 3.63) is 76.0 Å². The number of methoxy groups -OCH3 is 1. The molecule has 0 radical (unpaired) electrons. The number of nitrogens with one attached hydrogen (secondary N) is 1. The van der Waals surface area contributed by atoms with E-state index in [2.05, 4.69) is 5.32 Å². The van der Waals surface area contributed by atoms with Crippen LogP contribution in [0.25, 0.3) is 0 Å². The number of amides is 1. The first-order valence-corrected chi connectivity index (χ1v) is 9.22. The molecule has 0 bridgehead atoms. The minimum Gasteiger partial charge on any atom is -0.466 e. The Bertz CT molecular complexity index is 988. The summed E-state index contributed by atoms with van der Waals surface area (Å²) in [6.07, 6.45) is 0. The summed E-state index contributed by atoms with van der Waals surface area (Å²) in [6, 6.07) is 13.3. The van der Waals surface area contributed by atoms with Gasteiger partial charge in [0.25, 0.3) is 5.91 Å². The van der Waals surface area contributed by atoms with Gasteiger partial charge in [-0.3, -0.25) is 9.59 Å². The Balaban J connectivity index is 2.01. The van der Waals surface area contributed by atoms with E-state index >= 15 is 0 Å². The first-order valence-electron chi connectivity index (χ1n) is 8.84. The zero-order chi connectivity index (χ0) is 21.0. The largest absolute Gasteiger partial charge is 0.466 e. The molecule has 0 saturated heterocycles. The number of carbonyl (C=O) groups is 3. The molecule has 1 heterocycles. The molecule has 150 valence electrons. The van der Waals surface area contributed by atoms with Gasteiger partial charge in [-0.2, -0.15) is 0 Å². The average Bonchev–Trinajstić information content (AvgIpc) is 3.04. The van der Waals surface area contributed by atoms with Crippen molar-refractivity contribution in [1.82, 2.24) is 4.90 Å². The molecule has 1 aliphatic heterocycles. The molecular formula is C21H19ClN2O5. The van der Waals surface area contributed by atoms with Gasteiger partial charge >= 0.3 is 5.97 Å². The monoisotopic (exact) mass is 414 g/mol. The number of aliphatic hydroxyl groups excluding tert-OH is 1. The predicted octanol–water partition coefficient (Wildman–Crippen LogP) is 2.24. The van der Waals surface area contributed by atoms with Gasteiger partial charge in [0.05, 0.1) is 25.8 Å². The lowest BCUT2D eigenvalue weighted by atomic mass is 10.0. The minimum atomic E-state index is -0.661. The number of hydrogen-bond donors (Lipinski definition) is 2. The third kappa shape index (κ3) is 4.31. The molecule has 0 fully saturated rings. The first-order chi connectivity index (χ1) is 14.0. The third-order valence-electron chi connectivity index (χ3n) is 4.48. The Morgan fingerprint density at radius 2 is 1.93 bits per heavy atom. The van der Waals surface area contributed by atoms with Gasteiger partial charge in [0, 0.05) is 28.4 Å². The van der Waals surface area contributed by atoms with Crippen molar-refractivity contribution in [2.24, 2.45) is 0 Å². The summed E-state index contributed by atoms with van der Waals surface area (Å²) in [7, 11) is 1.22. The molecule has 0 saturated carbocycles. The summed E-state index contributed by atoms with van der Waals surface area (Å²) in [5, 5.41) is 12.4. The van der Waals surface area contributed by atoms with E-state index in [1.807, 2.05) is 0 Å². The van der Waals surface area contributed by atoms with Crippen LogP contribution in [0.5, 0.6) is 0 Å². The smallest absolute Gasteiger partial charge is 0.337 e. The van der Waals surface area contributed by atoms with Crippen LogP contribution in [0.15, 0.2) is 59.8 Å². The lowest BCUT2D eigenvalue weighted by Crippen LogP contribution is -2.31. The van der Waals surface area contributed by atoms with Crippen LogP contribution in [0.1, 0.15) is 15.9 Å². The highest BCUT2D eigenvalue weighted by molar-refractivity contribution is 6.31. The van der Waals surface area contributed by atoms with Gasteiger partial charge in [-0.25, -0.2) is 4.79 Å². The highest BCUT2D eigenvalue weighted by Crippen LogP contribution is 2.28. The number of ether oxygens (including phenoxy) is 1. The molecule has 0 unspecified atom stereocenters. The number of aliphatic hydroxyl groups is 1. The van der Waals surface area contributed by atoms with E-state index in [0.717, 1.165) is 0 Å². The van der Waals surface area contributed by atoms with Crippen LogP contribution in [-0.4, -0.2) is 54.5 Å². The van der Waals surface area contributed by atoms with Gasteiger partial charge in [-0.1, -0.05) is 41.9 Å². The van der Waals surface area contributed by atoms with Crippen molar-refractivity contribution in [2.45, 2.75) is 0 Å². The molecule has 29 heavy (non-hydrogen) atoms. The van der Waals surface area contributed by atoms with Crippen molar-refractivity contribution >= 4 is 34.9 Å². The molecule has 2 aromatic carbocycles. The summed E-state index contributed by atoms with van der Waals surface area (Å²) >= 11 is 6.09. The van der Waals surface area contributed by atoms with Gasteiger partial charge in [0.2, 0.25) is 0 Å². The predicted molar refractivity (Wildman–Crippen MR) is 108 cm³/mol. The van der Waals surface area contributed by atoms with E-state index in [4.69, 9.17) is 21.4 Å². The van der Waals surface area contributed by atoms with Crippen LogP contribution < -0.4 is 5.32 Å². The van der Waals surface area contributed by atoms with Crippen LogP contribution in [0, 0.1) is 0 Å². The van der Waals surface area contributed by atoms with E-state index < -0.39 is 11.9 Å². The lowest BCUT2D eigenvalue weighted by Gasteiger charge is -2.16. The van der Waals surface area contributed by atoms with Gasteiger partial charge in [-0.15, -0.1) is 0 Å². The van der Waals surface area contributed by atoms with Gasteiger partial charge in [-0.05, 0) is 18.2 Å². The van der Waals surface area contributed by atoms with Crippen molar-refractivity contribution in [1.29, 1.82) is 0 Å². The Kier molecular flexibility index (Phi) is 6.31. The number of esters is 1. The maximum atomic E-state index is 13.0. The highest BCUT2D eigenvalue weighted by Gasteiger charge is 2.35. The molecule has 1 aliphatic rings. The van der Waals surface area contributed by atoms with Crippen molar-refractivity contribution in [2.75, 3.05) is 32.1 Å². The summed E-state index contributed by atoms with van der Waals surface area (Å²) in [5.74, 6) is -1.41. The number of β-amino-alcohol motifs (C(OH)–C–C–N with tert-alkyl or cyclic N) is 1. The molecule has 0 aromatic heterocycles. The van der Waals surface area contributed by atoms with E-state index in [1.165, 1.54) is 18.1 Å². The Morgan fingerprint density at radius 1 is 1.21 bits per heavy atom. The maximum absolute atomic E-state index is 13.0. The molecule has 3 rings (SSSR count). The molecule has 0 atom stereocenters. The fraction of sp³-hybridized carbons (Fsp3) is 0.190. The fourth-order valence-electron chi connectivity index (χ4n) is 3.04. The second kappa shape index (κ2) is 8.89. The summed E-state index contributed by atoms with van der Waals surface area (Å²) in [5.41, 5.74) is 1.18. The van der Waals surface area contributed by atoms with Crippen LogP contribution in [-0.2, 0) is 14.3 Å². The second-order valence-corrected chi connectivity index (χ2v) is 6.74. The van der Waals surface area contributed by atoms with Gasteiger partial charge < -0.3 is 20.1 Å². The number of nitrogens with zero attached hydrogens (tertiary/aromatic N) is 1. The van der Waals surface area contributed by atoms with E-state index in [9.17, 15) is 14.4 Å². The molecule has 2 aromatic rings. The standard InChI is InChI=1S/C21H19ClN2O5/c1-29-21(28)16-12-24(9-10-25)20(27)18(16)23-17-8-7-14(22)11-15(17)19(26)13-5-3-2-4-6-13/h2-8,11,23,25H,9-10,12H2,1H3. The molecule has 0 spiro atoms. The van der Waals surface area contributed by atoms with Gasteiger partial charge in [0.1, 0.15) is 5.70 Å². The molecular weight excluding hydrogens is 396 g/mol. The average molecular weight is 415 g/mol. The molecule has 2 N–H and O–H groups in total. The normalized spacial score (nSPS) is 13.6. The number of ketones is 1. The zero-order valence-electron chi connectivity index (χ0n) is 15.6. The zero-order valence-corrected chi connectivity index (χ0v) is 16.4. The van der Waals surface area contributed by atoms with Crippen LogP contribution in [0.2, 0.25) is 5.02 Å². The highest BCUT2D eigenvalue weighted by atomic mass is 35.5. The summed E-state index contributed by atoms with van der Waals surface area (Å²) in [6.45, 7) is -0.170. The number of benzene rings is 2. The van der Waals surface area contributed by atoms with Gasteiger partial charge in [0.15, 0.2) is 5.78 Å². The molecule has 8 heteroatoms.